The molecule has 0 aliphatic rings. The van der Waals surface area contributed by atoms with Crippen LogP contribution in [0.25, 0.3) is 0 Å². The summed E-state index contributed by atoms with van der Waals surface area (Å²) in [4.78, 5) is 24.6. The molecule has 148 valence electrons. The van der Waals surface area contributed by atoms with Crippen LogP contribution < -0.4 is 0 Å². The quantitative estimate of drug-likeness (QED) is 0.180. The highest BCUT2D eigenvalue weighted by Gasteiger charge is 2.27. The summed E-state index contributed by atoms with van der Waals surface area (Å²) in [5, 5.41) is 0. The highest BCUT2D eigenvalue weighted by molar-refractivity contribution is 7.97. The highest BCUT2D eigenvalue weighted by atomic mass is 32.2. The van der Waals surface area contributed by atoms with Crippen molar-refractivity contribution < 1.29 is 14.3 Å². The minimum atomic E-state index is -0.624. The summed E-state index contributed by atoms with van der Waals surface area (Å²) in [6.45, 7) is 0.120. The maximum atomic E-state index is 10.8. The Morgan fingerprint density at radius 1 is 0.567 bits per heavy atom. The van der Waals surface area contributed by atoms with E-state index in [1.165, 1.54) is 14.7 Å². The molecule has 0 fully saturated rings. The maximum absolute atomic E-state index is 10.8. The molecule has 4 aromatic rings. The fraction of sp³-hybridized carbons (Fsp3) is 0. The van der Waals surface area contributed by atoms with Gasteiger partial charge in [0, 0.05) is 0 Å². The Hall–Kier alpha value is -3.63. The second kappa shape index (κ2) is 11.4. The van der Waals surface area contributed by atoms with Crippen molar-refractivity contribution in [2.45, 2.75) is 14.7 Å². The first-order chi connectivity index (χ1) is 14.8. The van der Waals surface area contributed by atoms with Gasteiger partial charge in [-0.05, 0) is 48.5 Å². The van der Waals surface area contributed by atoms with Crippen LogP contribution >= 0.6 is 0 Å². The molecule has 30 heavy (non-hydrogen) atoms. The second-order valence-corrected chi connectivity index (χ2v) is 8.14. The van der Waals surface area contributed by atoms with Crippen molar-refractivity contribution in [3.63, 3.8) is 0 Å². The zero-order valence-electron chi connectivity index (χ0n) is 16.3. The van der Waals surface area contributed by atoms with Gasteiger partial charge >= 0.3 is 12.4 Å². The van der Waals surface area contributed by atoms with E-state index >= 15 is 0 Å². The SMILES string of the molecule is O=COC(=O)c1ccccc1.c1ccc([S+](c2ccccc2)c2ccccc2)cc1. The zero-order chi connectivity index (χ0) is 21.0. The first-order valence-corrected chi connectivity index (χ1v) is 10.6. The van der Waals surface area contributed by atoms with Crippen molar-refractivity contribution >= 4 is 23.3 Å². The predicted octanol–water partition coefficient (Wildman–Crippen LogP) is 5.78. The first kappa shape index (κ1) is 21.1. The Balaban J connectivity index is 0.000000199. The third-order valence-electron chi connectivity index (χ3n) is 4.10. The third-order valence-corrected chi connectivity index (χ3v) is 6.33. The van der Waals surface area contributed by atoms with Crippen LogP contribution in [0.1, 0.15) is 10.4 Å². The molecular weight excluding hydrogens is 392 g/mol. The van der Waals surface area contributed by atoms with E-state index < -0.39 is 5.97 Å². The average Bonchev–Trinajstić information content (AvgIpc) is 2.83. The van der Waals surface area contributed by atoms with Crippen molar-refractivity contribution in [2.24, 2.45) is 0 Å². The predicted molar refractivity (Wildman–Crippen MR) is 119 cm³/mol. The van der Waals surface area contributed by atoms with Gasteiger partial charge in [0.15, 0.2) is 14.7 Å². The standard InChI is InChI=1S/C18H15S.C8H6O3/c1-4-10-16(11-5-1)19(17-12-6-2-7-13-17)18-14-8-3-9-15-18;9-6-11-8(10)7-4-2-1-3-5-7/h1-15H;1-6H/q+1;. The number of esters is 1. The topological polar surface area (TPSA) is 43.4 Å². The summed E-state index contributed by atoms with van der Waals surface area (Å²) < 4.78 is 4.11. The summed E-state index contributed by atoms with van der Waals surface area (Å²) in [6.07, 6.45) is 0. The number of hydrogen-bond acceptors (Lipinski definition) is 3. The number of benzene rings is 4. The van der Waals surface area contributed by atoms with Crippen molar-refractivity contribution in [2.75, 3.05) is 0 Å². The van der Waals surface area contributed by atoms with Crippen molar-refractivity contribution in [3.8, 4) is 0 Å². The number of ether oxygens (including phenoxy) is 1. The van der Waals surface area contributed by atoms with Gasteiger partial charge < -0.3 is 4.74 Å². The van der Waals surface area contributed by atoms with Gasteiger partial charge in [0.2, 0.25) is 0 Å². The van der Waals surface area contributed by atoms with Gasteiger partial charge in [0.25, 0.3) is 0 Å². The highest BCUT2D eigenvalue weighted by Crippen LogP contribution is 2.30. The lowest BCUT2D eigenvalue weighted by molar-refractivity contribution is -0.123. The Morgan fingerprint density at radius 3 is 1.23 bits per heavy atom. The summed E-state index contributed by atoms with van der Waals surface area (Å²) in [7, 11) is -0.0146. The van der Waals surface area contributed by atoms with Crippen LogP contribution in [0.2, 0.25) is 0 Å². The van der Waals surface area contributed by atoms with Crippen molar-refractivity contribution in [1.82, 2.24) is 0 Å². The van der Waals surface area contributed by atoms with E-state index in [1.54, 1.807) is 30.3 Å². The number of rotatable bonds is 5. The molecule has 4 heteroatoms. The van der Waals surface area contributed by atoms with Crippen LogP contribution in [-0.4, -0.2) is 12.4 Å². The minimum Gasteiger partial charge on any atom is -0.392 e. The summed E-state index contributed by atoms with van der Waals surface area (Å²) >= 11 is 0. The molecule has 0 aromatic heterocycles. The van der Waals surface area contributed by atoms with E-state index in [1.807, 2.05) is 0 Å². The Labute approximate surface area is 179 Å². The Morgan fingerprint density at radius 2 is 0.900 bits per heavy atom. The van der Waals surface area contributed by atoms with Gasteiger partial charge in [0.1, 0.15) is 0 Å². The lowest BCUT2D eigenvalue weighted by Crippen LogP contribution is -2.04. The van der Waals surface area contributed by atoms with Gasteiger partial charge in [-0.25, -0.2) is 4.79 Å². The Bertz CT molecular complexity index is 943. The summed E-state index contributed by atoms with van der Waals surface area (Å²) in [5.41, 5.74) is 0.375. The van der Waals surface area contributed by atoms with E-state index in [0.29, 0.717) is 5.56 Å². The van der Waals surface area contributed by atoms with Crippen LogP contribution in [-0.2, 0) is 20.4 Å². The Kier molecular flexibility index (Phi) is 8.01. The van der Waals surface area contributed by atoms with Crippen LogP contribution in [0, 0.1) is 0 Å². The molecule has 0 amide bonds. The van der Waals surface area contributed by atoms with E-state index in [4.69, 9.17) is 0 Å². The molecule has 0 bridgehead atoms. The van der Waals surface area contributed by atoms with Crippen LogP contribution in [0.3, 0.4) is 0 Å². The molecule has 0 heterocycles. The first-order valence-electron chi connectivity index (χ1n) is 9.38. The fourth-order valence-corrected chi connectivity index (χ4v) is 4.87. The molecule has 0 saturated heterocycles. The zero-order valence-corrected chi connectivity index (χ0v) is 17.1. The molecule has 3 nitrogen and oxygen atoms in total. The van der Waals surface area contributed by atoms with Crippen molar-refractivity contribution in [3.05, 3.63) is 127 Å². The summed E-state index contributed by atoms with van der Waals surface area (Å²) in [5.74, 6) is -0.624. The molecule has 0 N–H and O–H groups in total. The second-order valence-electron chi connectivity index (χ2n) is 6.11. The molecule has 4 aromatic carbocycles. The number of hydrogen-bond donors (Lipinski definition) is 0. The molecule has 0 aliphatic carbocycles. The number of carbonyl (C=O) groups is 2. The minimum absolute atomic E-state index is 0.0146. The van der Waals surface area contributed by atoms with E-state index in [-0.39, 0.29) is 17.4 Å². The largest absolute Gasteiger partial charge is 0.392 e. The molecule has 0 radical (unpaired) electrons. The van der Waals surface area contributed by atoms with Crippen LogP contribution in [0.5, 0.6) is 0 Å². The molecular formula is C26H21O3S+. The van der Waals surface area contributed by atoms with Gasteiger partial charge in [-0.2, -0.15) is 0 Å². The fourth-order valence-electron chi connectivity index (χ4n) is 2.76. The van der Waals surface area contributed by atoms with E-state index in [2.05, 4.69) is 95.7 Å². The van der Waals surface area contributed by atoms with Crippen LogP contribution in [0.15, 0.2) is 136 Å². The molecule has 0 aliphatic heterocycles. The number of carbonyl (C=O) groups excluding carboxylic acids is 2. The molecule has 0 spiro atoms. The van der Waals surface area contributed by atoms with Gasteiger partial charge in [-0.15, -0.1) is 0 Å². The molecule has 4 rings (SSSR count). The van der Waals surface area contributed by atoms with Gasteiger partial charge in [-0.3, -0.25) is 4.79 Å². The van der Waals surface area contributed by atoms with E-state index in [9.17, 15) is 9.59 Å². The normalized spacial score (nSPS) is 9.90. The molecule has 0 atom stereocenters. The maximum Gasteiger partial charge on any atom is 0.345 e. The van der Waals surface area contributed by atoms with Crippen LogP contribution in [0.4, 0.5) is 0 Å². The van der Waals surface area contributed by atoms with E-state index in [0.717, 1.165) is 0 Å². The summed E-state index contributed by atoms with van der Waals surface area (Å²) in [6, 6.07) is 40.5. The third kappa shape index (κ3) is 5.93. The lowest BCUT2D eigenvalue weighted by atomic mass is 10.2. The van der Waals surface area contributed by atoms with Gasteiger partial charge in [0.05, 0.1) is 16.5 Å². The lowest BCUT2D eigenvalue weighted by Gasteiger charge is -2.07. The molecule has 0 saturated carbocycles. The smallest absolute Gasteiger partial charge is 0.345 e. The van der Waals surface area contributed by atoms with Gasteiger partial charge in [-0.1, -0.05) is 72.8 Å². The molecule has 0 unspecified atom stereocenters. The average molecular weight is 414 g/mol. The monoisotopic (exact) mass is 413 g/mol. The van der Waals surface area contributed by atoms with Crippen molar-refractivity contribution in [1.29, 1.82) is 0 Å².